The number of nitrogens with zero attached hydrogens (tertiary/aromatic N) is 2. The highest BCUT2D eigenvalue weighted by atomic mass is 16.6. The highest BCUT2D eigenvalue weighted by Crippen LogP contribution is 2.22. The number of carbonyl (C=O) groups is 1. The first kappa shape index (κ1) is 16.3. The fraction of sp³-hybridized carbons (Fsp3) is 0.0526. The molecule has 124 valence electrons. The molecule has 0 spiro atoms. The van der Waals surface area contributed by atoms with Crippen molar-refractivity contribution in [2.45, 2.75) is 6.92 Å². The van der Waals surface area contributed by atoms with Crippen molar-refractivity contribution in [1.82, 2.24) is 5.43 Å². The molecule has 1 N–H and O–H groups in total. The van der Waals surface area contributed by atoms with Crippen LogP contribution in [0.1, 0.15) is 21.5 Å². The van der Waals surface area contributed by atoms with Gasteiger partial charge in [-0.25, -0.2) is 5.43 Å². The van der Waals surface area contributed by atoms with Gasteiger partial charge in [0.15, 0.2) is 0 Å². The monoisotopic (exact) mass is 333 g/mol. The van der Waals surface area contributed by atoms with E-state index in [0.717, 1.165) is 16.3 Å². The Morgan fingerprint density at radius 1 is 1.08 bits per heavy atom. The van der Waals surface area contributed by atoms with Crippen LogP contribution in [0, 0.1) is 17.0 Å². The van der Waals surface area contributed by atoms with E-state index in [2.05, 4.69) is 10.5 Å². The number of aryl methyl sites for hydroxylation is 1. The topological polar surface area (TPSA) is 84.6 Å². The van der Waals surface area contributed by atoms with Gasteiger partial charge in [0.25, 0.3) is 11.6 Å². The summed E-state index contributed by atoms with van der Waals surface area (Å²) in [6.07, 6.45) is 1.45. The third-order valence-corrected chi connectivity index (χ3v) is 3.85. The van der Waals surface area contributed by atoms with Gasteiger partial charge in [-0.2, -0.15) is 5.10 Å². The molecule has 0 saturated heterocycles. The molecule has 1 amide bonds. The summed E-state index contributed by atoms with van der Waals surface area (Å²) in [4.78, 5) is 22.7. The molecule has 6 heteroatoms. The average molecular weight is 333 g/mol. The second-order valence-corrected chi connectivity index (χ2v) is 5.53. The Kier molecular flexibility index (Phi) is 4.52. The molecule has 3 aromatic rings. The fourth-order valence-electron chi connectivity index (χ4n) is 2.59. The maximum absolute atomic E-state index is 12.5. The number of non-ortho nitro benzene ring substituents is 1. The first-order valence-electron chi connectivity index (χ1n) is 7.62. The third-order valence-electron chi connectivity index (χ3n) is 3.85. The van der Waals surface area contributed by atoms with Gasteiger partial charge < -0.3 is 0 Å². The number of carbonyl (C=O) groups excluding carboxylic acids is 1. The van der Waals surface area contributed by atoms with E-state index >= 15 is 0 Å². The van der Waals surface area contributed by atoms with Crippen molar-refractivity contribution < 1.29 is 9.72 Å². The maximum atomic E-state index is 12.5. The molecule has 3 aromatic carbocycles. The number of rotatable bonds is 4. The first-order valence-corrected chi connectivity index (χ1v) is 7.62. The zero-order chi connectivity index (χ0) is 17.8. The maximum Gasteiger partial charge on any atom is 0.272 e. The number of fused-ring (bicyclic) bond motifs is 1. The van der Waals surface area contributed by atoms with Gasteiger partial charge >= 0.3 is 0 Å². The first-order chi connectivity index (χ1) is 12.1. The summed E-state index contributed by atoms with van der Waals surface area (Å²) in [5.41, 5.74) is 4.62. The molecule has 0 unspecified atom stereocenters. The Labute approximate surface area is 143 Å². The van der Waals surface area contributed by atoms with E-state index in [4.69, 9.17) is 0 Å². The second kappa shape index (κ2) is 6.92. The molecule has 0 bridgehead atoms. The van der Waals surface area contributed by atoms with Gasteiger partial charge in [0, 0.05) is 12.1 Å². The lowest BCUT2D eigenvalue weighted by Crippen LogP contribution is -2.19. The molecule has 0 aliphatic carbocycles. The van der Waals surface area contributed by atoms with Crippen LogP contribution in [0.5, 0.6) is 0 Å². The van der Waals surface area contributed by atoms with Crippen LogP contribution in [0.3, 0.4) is 0 Å². The van der Waals surface area contributed by atoms with E-state index in [9.17, 15) is 14.9 Å². The minimum Gasteiger partial charge on any atom is -0.267 e. The van der Waals surface area contributed by atoms with Crippen LogP contribution in [0.15, 0.2) is 65.8 Å². The quantitative estimate of drug-likeness (QED) is 0.447. The van der Waals surface area contributed by atoms with Crippen LogP contribution in [-0.4, -0.2) is 17.0 Å². The molecule has 25 heavy (non-hydrogen) atoms. The lowest BCUT2D eigenvalue weighted by molar-refractivity contribution is -0.384. The van der Waals surface area contributed by atoms with E-state index in [-0.39, 0.29) is 11.6 Å². The van der Waals surface area contributed by atoms with Crippen LogP contribution < -0.4 is 5.43 Å². The molecule has 0 aliphatic rings. The number of nitro groups is 1. The predicted molar refractivity (Wildman–Crippen MR) is 96.8 cm³/mol. The summed E-state index contributed by atoms with van der Waals surface area (Å²) in [5.74, 6) is -0.299. The fourth-order valence-corrected chi connectivity index (χ4v) is 2.59. The summed E-state index contributed by atoms with van der Waals surface area (Å²) in [6, 6.07) is 17.4. The molecule has 0 atom stereocenters. The van der Waals surface area contributed by atoms with Crippen LogP contribution in [0.4, 0.5) is 5.69 Å². The van der Waals surface area contributed by atoms with Crippen molar-refractivity contribution >= 4 is 28.6 Å². The summed E-state index contributed by atoms with van der Waals surface area (Å²) in [6.45, 7) is 1.88. The van der Waals surface area contributed by atoms with Crippen LogP contribution >= 0.6 is 0 Å². The van der Waals surface area contributed by atoms with E-state index in [1.807, 2.05) is 43.3 Å². The number of hydrogen-bond donors (Lipinski definition) is 1. The van der Waals surface area contributed by atoms with Crippen LogP contribution in [-0.2, 0) is 0 Å². The van der Waals surface area contributed by atoms with Gasteiger partial charge in [0.05, 0.1) is 16.7 Å². The Hall–Kier alpha value is -3.54. The Morgan fingerprint density at radius 3 is 2.52 bits per heavy atom. The van der Waals surface area contributed by atoms with Gasteiger partial charge in [-0.05, 0) is 41.0 Å². The number of nitrogens with one attached hydrogen (secondary N) is 1. The number of amides is 1. The number of hydrogen-bond acceptors (Lipinski definition) is 4. The molecule has 0 saturated carbocycles. The third kappa shape index (κ3) is 3.53. The highest BCUT2D eigenvalue weighted by Gasteiger charge is 2.12. The Bertz CT molecular complexity index is 979. The largest absolute Gasteiger partial charge is 0.272 e. The number of benzene rings is 3. The van der Waals surface area contributed by atoms with Gasteiger partial charge in [0.1, 0.15) is 0 Å². The van der Waals surface area contributed by atoms with E-state index < -0.39 is 4.92 Å². The van der Waals surface area contributed by atoms with Gasteiger partial charge in [-0.15, -0.1) is 0 Å². The summed E-state index contributed by atoms with van der Waals surface area (Å²) in [7, 11) is 0. The SMILES string of the molecule is Cc1ccc2ccccc2c1C(=O)N/N=C\c1ccc([N+](=O)[O-])cc1. The molecule has 6 nitrogen and oxygen atoms in total. The number of nitro benzene ring substituents is 1. The summed E-state index contributed by atoms with van der Waals surface area (Å²) < 4.78 is 0. The van der Waals surface area contributed by atoms with Crippen molar-refractivity contribution in [3.63, 3.8) is 0 Å². The molecular formula is C19H15N3O3. The van der Waals surface area contributed by atoms with Gasteiger partial charge in [-0.1, -0.05) is 36.4 Å². The minimum absolute atomic E-state index is 0.00701. The zero-order valence-corrected chi connectivity index (χ0v) is 13.5. The summed E-state index contributed by atoms with van der Waals surface area (Å²) >= 11 is 0. The molecule has 0 fully saturated rings. The molecule has 0 heterocycles. The Balaban J connectivity index is 1.79. The van der Waals surface area contributed by atoms with Crippen molar-refractivity contribution in [3.05, 3.63) is 87.5 Å². The predicted octanol–water partition coefficient (Wildman–Crippen LogP) is 3.82. The molecule has 0 aromatic heterocycles. The van der Waals surface area contributed by atoms with Gasteiger partial charge in [0.2, 0.25) is 0 Å². The minimum atomic E-state index is -0.466. The van der Waals surface area contributed by atoms with Crippen molar-refractivity contribution in [1.29, 1.82) is 0 Å². The Morgan fingerprint density at radius 2 is 1.80 bits per heavy atom. The molecule has 0 radical (unpaired) electrons. The van der Waals surface area contributed by atoms with E-state index in [0.29, 0.717) is 11.1 Å². The van der Waals surface area contributed by atoms with Crippen molar-refractivity contribution in [3.8, 4) is 0 Å². The second-order valence-electron chi connectivity index (χ2n) is 5.53. The zero-order valence-electron chi connectivity index (χ0n) is 13.5. The van der Waals surface area contributed by atoms with Crippen LogP contribution in [0.25, 0.3) is 10.8 Å². The lowest BCUT2D eigenvalue weighted by Gasteiger charge is -2.08. The van der Waals surface area contributed by atoms with Crippen molar-refractivity contribution in [2.75, 3.05) is 0 Å². The molecular weight excluding hydrogens is 318 g/mol. The molecule has 3 rings (SSSR count). The standard InChI is InChI=1S/C19H15N3O3/c1-13-6-9-15-4-2-3-5-17(15)18(13)19(23)21-20-12-14-7-10-16(11-8-14)22(24)25/h2-12H,1H3,(H,21,23)/b20-12-. The highest BCUT2D eigenvalue weighted by molar-refractivity contribution is 6.08. The number of hydrazone groups is 1. The lowest BCUT2D eigenvalue weighted by atomic mass is 9.99. The van der Waals surface area contributed by atoms with E-state index in [1.165, 1.54) is 18.3 Å². The van der Waals surface area contributed by atoms with Crippen LogP contribution in [0.2, 0.25) is 0 Å². The average Bonchev–Trinajstić information content (AvgIpc) is 2.62. The van der Waals surface area contributed by atoms with Gasteiger partial charge in [-0.3, -0.25) is 14.9 Å². The smallest absolute Gasteiger partial charge is 0.267 e. The van der Waals surface area contributed by atoms with E-state index in [1.54, 1.807) is 12.1 Å². The summed E-state index contributed by atoms with van der Waals surface area (Å²) in [5, 5.41) is 16.4. The normalized spacial score (nSPS) is 10.9. The molecule has 0 aliphatic heterocycles. The van der Waals surface area contributed by atoms with Crippen molar-refractivity contribution in [2.24, 2.45) is 5.10 Å².